The third kappa shape index (κ3) is 4.64. The first-order valence-corrected chi connectivity index (χ1v) is 13.6. The zero-order valence-corrected chi connectivity index (χ0v) is 23.1. The number of aliphatic carboxylic acids is 1. The van der Waals surface area contributed by atoms with E-state index in [1.165, 1.54) is 54.6 Å². The smallest absolute Gasteiger partial charge is 0.416 e. The van der Waals surface area contributed by atoms with Crippen LogP contribution in [0.15, 0.2) is 98.9 Å². The van der Waals surface area contributed by atoms with Gasteiger partial charge in [0, 0.05) is 26.9 Å². The van der Waals surface area contributed by atoms with Crippen molar-refractivity contribution in [3.63, 3.8) is 0 Å². The Hall–Kier alpha value is -5.65. The van der Waals surface area contributed by atoms with Crippen molar-refractivity contribution in [1.82, 2.24) is 4.57 Å². The zero-order chi connectivity index (χ0) is 32.7. The Morgan fingerprint density at radius 3 is 1.78 bits per heavy atom. The summed E-state index contributed by atoms with van der Waals surface area (Å²) < 4.78 is 88.3. The molecule has 0 aliphatic carbocycles. The number of benzene rings is 5. The van der Waals surface area contributed by atoms with E-state index in [-0.39, 0.29) is 45.7 Å². The number of aromatic nitrogens is 1. The summed E-state index contributed by atoms with van der Waals surface area (Å²) >= 11 is 0. The Kier molecular flexibility index (Phi) is 6.28. The highest BCUT2D eigenvalue weighted by molar-refractivity contribution is 6.26. The maximum absolute atomic E-state index is 13.7. The quantitative estimate of drug-likeness (QED) is 0.120. The van der Waals surface area contributed by atoms with E-state index in [1.807, 2.05) is 0 Å². The summed E-state index contributed by atoms with van der Waals surface area (Å²) in [5.74, 6) is -1.04. The number of fused-ring (bicyclic) bond motifs is 2. The standard InChI is InChI=1S/C34H17F6NO5/c35-33(36,37)19-12-18(13-20(15-19)34(38,39)40)17-3-9-26-25(14-17)22-6-7-23-29-24(8-10-27(46-26)30(22)29)32(45)41(31(23)44)21-4-1-16(2-5-21)11-28(42)43/h1-10,12-15H,11H2,(H,42,43). The maximum atomic E-state index is 13.7. The largest absolute Gasteiger partial charge is 0.481 e. The van der Waals surface area contributed by atoms with Gasteiger partial charge in [-0.2, -0.15) is 26.3 Å². The molecule has 0 unspecified atom stereocenters. The molecule has 1 N–H and O–H groups in total. The summed E-state index contributed by atoms with van der Waals surface area (Å²) in [5.41, 5.74) is -3.15. The first kappa shape index (κ1) is 29.1. The van der Waals surface area contributed by atoms with E-state index in [0.29, 0.717) is 44.8 Å². The average Bonchev–Trinajstić information content (AvgIpc) is 3.00. The van der Waals surface area contributed by atoms with Gasteiger partial charge in [-0.25, -0.2) is 4.57 Å². The van der Waals surface area contributed by atoms with Crippen LogP contribution in [0.25, 0.3) is 60.3 Å². The molecule has 0 atom stereocenters. The maximum Gasteiger partial charge on any atom is 0.416 e. The first-order valence-electron chi connectivity index (χ1n) is 13.6. The minimum absolute atomic E-state index is 0.0608. The Morgan fingerprint density at radius 2 is 1.20 bits per heavy atom. The zero-order valence-electron chi connectivity index (χ0n) is 23.1. The molecule has 0 aliphatic rings. The second-order valence-electron chi connectivity index (χ2n) is 10.8. The highest BCUT2D eigenvalue weighted by Crippen LogP contribution is 2.41. The minimum atomic E-state index is -5.02. The van der Waals surface area contributed by atoms with Gasteiger partial charge < -0.3 is 9.52 Å². The average molecular weight is 634 g/mol. The van der Waals surface area contributed by atoms with E-state index in [9.17, 15) is 40.7 Å². The highest BCUT2D eigenvalue weighted by Gasteiger charge is 2.37. The van der Waals surface area contributed by atoms with Crippen LogP contribution in [0.2, 0.25) is 0 Å². The number of alkyl halides is 6. The summed E-state index contributed by atoms with van der Waals surface area (Å²) in [7, 11) is 0. The van der Waals surface area contributed by atoms with Gasteiger partial charge >= 0.3 is 18.3 Å². The fourth-order valence-corrected chi connectivity index (χ4v) is 5.88. The van der Waals surface area contributed by atoms with Gasteiger partial charge in [-0.3, -0.25) is 14.4 Å². The predicted octanol–water partition coefficient (Wildman–Crippen LogP) is 8.17. The Labute approximate surface area is 252 Å². The van der Waals surface area contributed by atoms with Crippen LogP contribution in [0.5, 0.6) is 0 Å². The van der Waals surface area contributed by atoms with Gasteiger partial charge in [-0.15, -0.1) is 0 Å². The summed E-state index contributed by atoms with van der Waals surface area (Å²) in [6.45, 7) is 0. The number of halogens is 6. The first-order chi connectivity index (χ1) is 21.7. The molecule has 0 bridgehead atoms. The minimum Gasteiger partial charge on any atom is -0.481 e. The van der Waals surface area contributed by atoms with Crippen molar-refractivity contribution in [2.45, 2.75) is 18.8 Å². The van der Waals surface area contributed by atoms with Gasteiger partial charge in [0.15, 0.2) is 0 Å². The molecule has 2 heterocycles. The number of hydrogen-bond acceptors (Lipinski definition) is 4. The molecule has 230 valence electrons. The monoisotopic (exact) mass is 633 g/mol. The summed E-state index contributed by atoms with van der Waals surface area (Å²) in [4.78, 5) is 38.4. The van der Waals surface area contributed by atoms with Crippen LogP contribution in [0, 0.1) is 0 Å². The molecule has 7 aromatic rings. The molecule has 6 nitrogen and oxygen atoms in total. The van der Waals surface area contributed by atoms with Crippen LogP contribution in [0.4, 0.5) is 26.3 Å². The fraction of sp³-hybridized carbons (Fsp3) is 0.0882. The van der Waals surface area contributed by atoms with E-state index in [4.69, 9.17) is 9.52 Å². The Bertz CT molecular complexity index is 2430. The van der Waals surface area contributed by atoms with E-state index >= 15 is 0 Å². The third-order valence-electron chi connectivity index (χ3n) is 7.95. The molecule has 0 aliphatic heterocycles. The van der Waals surface area contributed by atoms with E-state index < -0.39 is 40.6 Å². The second kappa shape index (κ2) is 9.93. The summed E-state index contributed by atoms with van der Waals surface area (Å²) in [6, 6.07) is 17.6. The van der Waals surface area contributed by atoms with Crippen LogP contribution in [-0.2, 0) is 23.6 Å². The molecular weight excluding hydrogens is 616 g/mol. The van der Waals surface area contributed by atoms with Crippen LogP contribution in [-0.4, -0.2) is 15.6 Å². The lowest BCUT2D eigenvalue weighted by molar-refractivity contribution is -0.143. The van der Waals surface area contributed by atoms with E-state index in [2.05, 4.69) is 0 Å². The molecule has 0 saturated heterocycles. The molecule has 12 heteroatoms. The van der Waals surface area contributed by atoms with Gasteiger partial charge in [0.05, 0.1) is 23.2 Å². The van der Waals surface area contributed by atoms with Crippen LogP contribution >= 0.6 is 0 Å². The second-order valence-corrected chi connectivity index (χ2v) is 10.8. The molecule has 2 aromatic heterocycles. The van der Waals surface area contributed by atoms with Crippen molar-refractivity contribution in [3.05, 3.63) is 122 Å². The van der Waals surface area contributed by atoms with Crippen LogP contribution < -0.4 is 11.1 Å². The topological polar surface area (TPSA) is 89.5 Å². The summed E-state index contributed by atoms with van der Waals surface area (Å²) in [6.07, 6.45) is -10.3. The molecule has 0 fully saturated rings. The Morgan fingerprint density at radius 1 is 0.630 bits per heavy atom. The lowest BCUT2D eigenvalue weighted by Gasteiger charge is -2.16. The molecule has 5 aromatic carbocycles. The normalized spacial score (nSPS) is 12.6. The molecule has 0 radical (unpaired) electrons. The van der Waals surface area contributed by atoms with Crippen molar-refractivity contribution in [2.24, 2.45) is 0 Å². The van der Waals surface area contributed by atoms with Gasteiger partial charge in [0.1, 0.15) is 11.2 Å². The van der Waals surface area contributed by atoms with Crippen LogP contribution in [0.3, 0.4) is 0 Å². The molecule has 7 rings (SSSR count). The van der Waals surface area contributed by atoms with Crippen LogP contribution in [0.1, 0.15) is 16.7 Å². The number of carboxylic acids is 1. The molecule has 0 amide bonds. The van der Waals surface area contributed by atoms with Crippen molar-refractivity contribution in [1.29, 1.82) is 0 Å². The number of carboxylic acid groups (broad SMARTS) is 1. The number of rotatable bonds is 4. The van der Waals surface area contributed by atoms with Gasteiger partial charge in [-0.1, -0.05) is 24.3 Å². The predicted molar refractivity (Wildman–Crippen MR) is 159 cm³/mol. The molecule has 0 saturated carbocycles. The third-order valence-corrected chi connectivity index (χ3v) is 7.95. The highest BCUT2D eigenvalue weighted by atomic mass is 19.4. The fourth-order valence-electron chi connectivity index (χ4n) is 5.88. The number of carbonyl (C=O) groups is 1. The molecular formula is C34H17F6NO5. The van der Waals surface area contributed by atoms with Crippen molar-refractivity contribution < 1.29 is 40.7 Å². The lowest BCUT2D eigenvalue weighted by Crippen LogP contribution is -2.31. The van der Waals surface area contributed by atoms with E-state index in [0.717, 1.165) is 4.57 Å². The number of hydrogen-bond donors (Lipinski definition) is 1. The van der Waals surface area contributed by atoms with Crippen molar-refractivity contribution in [2.75, 3.05) is 0 Å². The van der Waals surface area contributed by atoms with Gasteiger partial charge in [0.2, 0.25) is 0 Å². The van der Waals surface area contributed by atoms with Crippen molar-refractivity contribution in [3.8, 4) is 16.8 Å². The number of pyridine rings is 1. The number of nitrogens with zero attached hydrogens (tertiary/aromatic N) is 1. The molecule has 0 spiro atoms. The van der Waals surface area contributed by atoms with E-state index in [1.54, 1.807) is 12.1 Å². The van der Waals surface area contributed by atoms with Gasteiger partial charge in [0.25, 0.3) is 11.1 Å². The Balaban J connectivity index is 1.46. The van der Waals surface area contributed by atoms with Crippen molar-refractivity contribution >= 4 is 49.5 Å². The summed E-state index contributed by atoms with van der Waals surface area (Å²) in [5, 5.41) is 10.9. The van der Waals surface area contributed by atoms with Gasteiger partial charge in [-0.05, 0) is 82.7 Å². The lowest BCUT2D eigenvalue weighted by atomic mass is 9.94. The molecule has 46 heavy (non-hydrogen) atoms. The SMILES string of the molecule is O=C(O)Cc1ccc(-n2c(=O)c3ccc4oc5ccc(-c6cc(C(F)(F)F)cc(C(F)(F)F)c6)cc5c5ccc(c2=O)c3c45)cc1.